The first-order chi connectivity index (χ1) is 9.79. The Morgan fingerprint density at radius 2 is 1.80 bits per heavy atom. The van der Waals surface area contributed by atoms with E-state index in [0.29, 0.717) is 17.9 Å². The second kappa shape index (κ2) is 6.08. The molecular formula is C17H19BrN2. The van der Waals surface area contributed by atoms with Crippen molar-refractivity contribution in [2.45, 2.75) is 24.8 Å². The summed E-state index contributed by atoms with van der Waals surface area (Å²) in [6.45, 7) is 0. The Kier molecular flexibility index (Phi) is 4.20. The van der Waals surface area contributed by atoms with Gasteiger partial charge in [-0.2, -0.15) is 0 Å². The molecule has 3 N–H and O–H groups in total. The van der Waals surface area contributed by atoms with Crippen molar-refractivity contribution in [3.63, 3.8) is 0 Å². The SMILES string of the molecule is NNC(Cc1ccccc1Br)C1CC1c1ccccc1. The van der Waals surface area contributed by atoms with Crippen molar-refractivity contribution in [2.24, 2.45) is 11.8 Å². The topological polar surface area (TPSA) is 38.0 Å². The summed E-state index contributed by atoms with van der Waals surface area (Å²) in [7, 11) is 0. The fourth-order valence-electron chi connectivity index (χ4n) is 2.98. The largest absolute Gasteiger partial charge is 0.271 e. The average Bonchev–Trinajstić information content (AvgIpc) is 3.28. The maximum Gasteiger partial charge on any atom is 0.0285 e. The van der Waals surface area contributed by atoms with Gasteiger partial charge in [0.2, 0.25) is 0 Å². The Labute approximate surface area is 128 Å². The van der Waals surface area contributed by atoms with Gasteiger partial charge in [0, 0.05) is 10.5 Å². The van der Waals surface area contributed by atoms with E-state index in [-0.39, 0.29) is 0 Å². The van der Waals surface area contributed by atoms with Crippen LogP contribution in [-0.4, -0.2) is 6.04 Å². The standard InChI is InChI=1S/C17H19BrN2/c18-16-9-5-4-8-13(16)10-17(20-19)15-11-14(15)12-6-2-1-3-7-12/h1-9,14-15,17,20H,10-11,19H2. The van der Waals surface area contributed by atoms with Crippen molar-refractivity contribution in [3.05, 3.63) is 70.2 Å². The molecule has 1 fully saturated rings. The molecule has 3 unspecified atom stereocenters. The summed E-state index contributed by atoms with van der Waals surface area (Å²) in [5.41, 5.74) is 5.77. The Hall–Kier alpha value is -1.16. The third-order valence-corrected chi connectivity index (χ3v) is 4.97. The van der Waals surface area contributed by atoms with E-state index >= 15 is 0 Å². The maximum absolute atomic E-state index is 5.79. The minimum absolute atomic E-state index is 0.332. The van der Waals surface area contributed by atoms with Gasteiger partial charge in [-0.25, -0.2) is 0 Å². The molecule has 2 nitrogen and oxygen atoms in total. The summed E-state index contributed by atoms with van der Waals surface area (Å²) in [5, 5.41) is 0. The van der Waals surface area contributed by atoms with Crippen molar-refractivity contribution in [2.75, 3.05) is 0 Å². The van der Waals surface area contributed by atoms with Crippen LogP contribution in [0.4, 0.5) is 0 Å². The minimum atomic E-state index is 0.332. The summed E-state index contributed by atoms with van der Waals surface area (Å²) >= 11 is 3.61. The van der Waals surface area contributed by atoms with E-state index < -0.39 is 0 Å². The van der Waals surface area contributed by atoms with E-state index in [1.165, 1.54) is 17.5 Å². The number of rotatable bonds is 5. The van der Waals surface area contributed by atoms with Gasteiger partial charge in [-0.15, -0.1) is 0 Å². The quantitative estimate of drug-likeness (QED) is 0.649. The van der Waals surface area contributed by atoms with Gasteiger partial charge < -0.3 is 0 Å². The lowest BCUT2D eigenvalue weighted by molar-refractivity contribution is 0.464. The summed E-state index contributed by atoms with van der Waals surface area (Å²) in [5.74, 6) is 7.07. The molecule has 3 heteroatoms. The molecule has 0 saturated heterocycles. The monoisotopic (exact) mass is 330 g/mol. The van der Waals surface area contributed by atoms with Crippen LogP contribution in [-0.2, 0) is 6.42 Å². The van der Waals surface area contributed by atoms with E-state index in [9.17, 15) is 0 Å². The van der Waals surface area contributed by atoms with E-state index in [0.717, 1.165) is 10.9 Å². The van der Waals surface area contributed by atoms with Gasteiger partial charge in [0.15, 0.2) is 0 Å². The predicted octanol–water partition coefficient (Wildman–Crippen LogP) is 3.63. The lowest BCUT2D eigenvalue weighted by atomic mass is 9.99. The predicted molar refractivity (Wildman–Crippen MR) is 86.2 cm³/mol. The number of halogens is 1. The van der Waals surface area contributed by atoms with Crippen LogP contribution in [0.3, 0.4) is 0 Å². The van der Waals surface area contributed by atoms with Crippen LogP contribution in [0.25, 0.3) is 0 Å². The Morgan fingerprint density at radius 1 is 1.10 bits per heavy atom. The smallest absolute Gasteiger partial charge is 0.0285 e. The summed E-state index contributed by atoms with van der Waals surface area (Å²) in [6.07, 6.45) is 2.19. The molecule has 1 aliphatic rings. The van der Waals surface area contributed by atoms with E-state index in [2.05, 4.69) is 69.9 Å². The molecule has 0 amide bonds. The van der Waals surface area contributed by atoms with Crippen LogP contribution in [0.15, 0.2) is 59.1 Å². The van der Waals surface area contributed by atoms with Gasteiger partial charge in [-0.1, -0.05) is 64.5 Å². The molecule has 0 bridgehead atoms. The molecule has 2 aromatic carbocycles. The Balaban J connectivity index is 1.69. The molecule has 2 aromatic rings. The Bertz CT molecular complexity index is 570. The van der Waals surface area contributed by atoms with E-state index in [4.69, 9.17) is 5.84 Å². The highest BCUT2D eigenvalue weighted by Gasteiger charge is 2.43. The van der Waals surface area contributed by atoms with Crippen LogP contribution < -0.4 is 11.3 Å². The van der Waals surface area contributed by atoms with Crippen LogP contribution in [0.2, 0.25) is 0 Å². The summed E-state index contributed by atoms with van der Waals surface area (Å²) in [4.78, 5) is 0. The summed E-state index contributed by atoms with van der Waals surface area (Å²) < 4.78 is 1.16. The van der Waals surface area contributed by atoms with Crippen LogP contribution in [0, 0.1) is 5.92 Å². The third kappa shape index (κ3) is 2.95. The highest BCUT2D eigenvalue weighted by atomic mass is 79.9. The number of hydrogen-bond donors (Lipinski definition) is 2. The van der Waals surface area contributed by atoms with Crippen molar-refractivity contribution in [1.29, 1.82) is 0 Å². The molecule has 0 aromatic heterocycles. The number of benzene rings is 2. The summed E-state index contributed by atoms with van der Waals surface area (Å²) in [6, 6.07) is 19.4. The number of nitrogens with one attached hydrogen (secondary N) is 1. The molecule has 0 heterocycles. The van der Waals surface area contributed by atoms with Gasteiger partial charge in [0.05, 0.1) is 0 Å². The second-order valence-corrected chi connectivity index (χ2v) is 6.34. The Morgan fingerprint density at radius 3 is 2.50 bits per heavy atom. The zero-order chi connectivity index (χ0) is 13.9. The van der Waals surface area contributed by atoms with Crippen LogP contribution in [0.5, 0.6) is 0 Å². The first kappa shape index (κ1) is 13.8. The number of hydrazine groups is 1. The molecule has 0 aliphatic heterocycles. The molecule has 0 radical (unpaired) electrons. The zero-order valence-corrected chi connectivity index (χ0v) is 12.9. The first-order valence-corrected chi connectivity index (χ1v) is 7.83. The number of nitrogens with two attached hydrogens (primary N) is 1. The number of hydrogen-bond acceptors (Lipinski definition) is 2. The lowest BCUT2D eigenvalue weighted by Crippen LogP contribution is -2.39. The molecule has 1 saturated carbocycles. The van der Waals surface area contributed by atoms with Gasteiger partial charge in [-0.3, -0.25) is 11.3 Å². The van der Waals surface area contributed by atoms with Gasteiger partial charge in [0.1, 0.15) is 0 Å². The molecule has 20 heavy (non-hydrogen) atoms. The van der Waals surface area contributed by atoms with E-state index in [1.807, 2.05) is 6.07 Å². The lowest BCUT2D eigenvalue weighted by Gasteiger charge is -2.17. The molecule has 3 atom stereocenters. The second-order valence-electron chi connectivity index (χ2n) is 5.49. The highest BCUT2D eigenvalue weighted by molar-refractivity contribution is 9.10. The molecule has 104 valence electrons. The van der Waals surface area contributed by atoms with Crippen molar-refractivity contribution in [1.82, 2.24) is 5.43 Å². The minimum Gasteiger partial charge on any atom is -0.271 e. The average molecular weight is 331 g/mol. The fourth-order valence-corrected chi connectivity index (χ4v) is 3.42. The third-order valence-electron chi connectivity index (χ3n) is 4.20. The fraction of sp³-hybridized carbons (Fsp3) is 0.294. The van der Waals surface area contributed by atoms with Crippen LogP contribution >= 0.6 is 15.9 Å². The molecule has 1 aliphatic carbocycles. The zero-order valence-electron chi connectivity index (χ0n) is 11.3. The maximum atomic E-state index is 5.79. The molecular weight excluding hydrogens is 312 g/mol. The van der Waals surface area contributed by atoms with Gasteiger partial charge in [0.25, 0.3) is 0 Å². The van der Waals surface area contributed by atoms with Crippen molar-refractivity contribution < 1.29 is 0 Å². The van der Waals surface area contributed by atoms with Crippen LogP contribution in [0.1, 0.15) is 23.5 Å². The normalized spacial score (nSPS) is 22.5. The van der Waals surface area contributed by atoms with Gasteiger partial charge >= 0.3 is 0 Å². The van der Waals surface area contributed by atoms with Crippen molar-refractivity contribution >= 4 is 15.9 Å². The van der Waals surface area contributed by atoms with Crippen molar-refractivity contribution in [3.8, 4) is 0 Å². The first-order valence-electron chi connectivity index (χ1n) is 7.04. The molecule has 0 spiro atoms. The van der Waals surface area contributed by atoms with E-state index in [1.54, 1.807) is 0 Å². The molecule has 3 rings (SSSR count). The highest BCUT2D eigenvalue weighted by Crippen LogP contribution is 2.50. The van der Waals surface area contributed by atoms with Gasteiger partial charge in [-0.05, 0) is 41.9 Å².